The van der Waals surface area contributed by atoms with E-state index in [9.17, 15) is 36.2 Å². The van der Waals surface area contributed by atoms with E-state index >= 15 is 0 Å². The summed E-state index contributed by atoms with van der Waals surface area (Å²) < 4.78 is 77.9. The van der Waals surface area contributed by atoms with Crippen molar-refractivity contribution < 1.29 is 36.2 Å². The molecule has 0 unspecified atom stereocenters. The number of amides is 1. The summed E-state index contributed by atoms with van der Waals surface area (Å²) in [6.07, 6.45) is -9.82. The summed E-state index contributed by atoms with van der Waals surface area (Å²) in [6.45, 7) is -1.25. The van der Waals surface area contributed by atoms with E-state index in [4.69, 9.17) is 0 Å². The smallest absolute Gasteiger partial charge is 0.375 e. The SMILES string of the molecule is O=C(NC[C@](O)(c1ccccc1)C(F)(F)F)c1cccc(C(F)(F)F)c1. The number of nitrogens with one attached hydrogen (secondary N) is 1. The van der Waals surface area contributed by atoms with Crippen LogP contribution in [0.4, 0.5) is 26.3 Å². The average molecular weight is 377 g/mol. The summed E-state index contributed by atoms with van der Waals surface area (Å²) in [5.41, 5.74) is -5.47. The molecule has 0 saturated heterocycles. The van der Waals surface area contributed by atoms with Gasteiger partial charge in [0.05, 0.1) is 12.1 Å². The Bertz CT molecular complexity index is 773. The molecule has 3 nitrogen and oxygen atoms in total. The van der Waals surface area contributed by atoms with E-state index in [0.717, 1.165) is 30.3 Å². The van der Waals surface area contributed by atoms with Crippen molar-refractivity contribution in [2.45, 2.75) is 18.0 Å². The van der Waals surface area contributed by atoms with E-state index in [-0.39, 0.29) is 0 Å². The molecule has 2 rings (SSSR count). The first-order valence-electron chi connectivity index (χ1n) is 7.25. The van der Waals surface area contributed by atoms with E-state index in [1.165, 1.54) is 18.2 Å². The molecule has 0 aliphatic heterocycles. The van der Waals surface area contributed by atoms with Gasteiger partial charge >= 0.3 is 12.4 Å². The van der Waals surface area contributed by atoms with Crippen molar-refractivity contribution in [3.05, 3.63) is 71.3 Å². The molecule has 0 radical (unpaired) electrons. The molecule has 2 aromatic carbocycles. The summed E-state index contributed by atoms with van der Waals surface area (Å²) in [5, 5.41) is 11.9. The third-order valence-corrected chi connectivity index (χ3v) is 3.68. The standard InChI is InChI=1S/C17H13F6NO2/c18-16(19,20)13-8-4-5-11(9-13)14(25)24-10-15(26,17(21,22)23)12-6-2-1-3-7-12/h1-9,26H,10H2,(H,24,25)/t15-/m0/s1. The number of carbonyl (C=O) groups is 1. The van der Waals surface area contributed by atoms with Crippen LogP contribution in [0.5, 0.6) is 0 Å². The highest BCUT2D eigenvalue weighted by Gasteiger charge is 2.55. The number of rotatable bonds is 4. The molecule has 0 aliphatic carbocycles. The Labute approximate surface area is 144 Å². The van der Waals surface area contributed by atoms with Crippen molar-refractivity contribution in [2.24, 2.45) is 0 Å². The quantitative estimate of drug-likeness (QED) is 0.795. The Balaban J connectivity index is 2.24. The fourth-order valence-corrected chi connectivity index (χ4v) is 2.23. The minimum absolute atomic E-state index is 0.475. The molecule has 2 aromatic rings. The maximum Gasteiger partial charge on any atom is 0.423 e. The van der Waals surface area contributed by atoms with Crippen molar-refractivity contribution in [3.63, 3.8) is 0 Å². The molecule has 0 aliphatic rings. The first kappa shape index (κ1) is 19.8. The molecule has 0 bridgehead atoms. The summed E-state index contributed by atoms with van der Waals surface area (Å²) >= 11 is 0. The predicted octanol–water partition coefficient (Wildman–Crippen LogP) is 3.89. The topological polar surface area (TPSA) is 49.3 Å². The Morgan fingerprint density at radius 1 is 0.885 bits per heavy atom. The van der Waals surface area contributed by atoms with Crippen LogP contribution in [-0.2, 0) is 11.8 Å². The maximum absolute atomic E-state index is 13.3. The number of halogens is 6. The fraction of sp³-hybridized carbons (Fsp3) is 0.235. The van der Waals surface area contributed by atoms with Crippen molar-refractivity contribution in [3.8, 4) is 0 Å². The van der Waals surface area contributed by atoms with Gasteiger partial charge in [0.25, 0.3) is 5.91 Å². The lowest BCUT2D eigenvalue weighted by Crippen LogP contribution is -2.51. The van der Waals surface area contributed by atoms with E-state index in [1.807, 2.05) is 5.32 Å². The molecular formula is C17H13F6NO2. The highest BCUT2D eigenvalue weighted by Crippen LogP contribution is 2.38. The Morgan fingerprint density at radius 3 is 2.00 bits per heavy atom. The van der Waals surface area contributed by atoms with Crippen LogP contribution in [-0.4, -0.2) is 23.7 Å². The zero-order valence-corrected chi connectivity index (χ0v) is 13.0. The van der Waals surface area contributed by atoms with Crippen LogP contribution in [0.3, 0.4) is 0 Å². The number of alkyl halides is 6. The van der Waals surface area contributed by atoms with Gasteiger partial charge in [0, 0.05) is 5.56 Å². The second kappa shape index (κ2) is 6.99. The zero-order valence-electron chi connectivity index (χ0n) is 13.0. The lowest BCUT2D eigenvalue weighted by atomic mass is 9.93. The van der Waals surface area contributed by atoms with E-state index in [2.05, 4.69) is 0 Å². The molecule has 1 amide bonds. The number of carbonyl (C=O) groups excluding carboxylic acids is 1. The van der Waals surface area contributed by atoms with Gasteiger partial charge in [-0.3, -0.25) is 4.79 Å². The monoisotopic (exact) mass is 377 g/mol. The van der Waals surface area contributed by atoms with Crippen molar-refractivity contribution in [1.82, 2.24) is 5.32 Å². The molecule has 140 valence electrons. The van der Waals surface area contributed by atoms with Gasteiger partial charge in [-0.15, -0.1) is 0 Å². The first-order valence-corrected chi connectivity index (χ1v) is 7.25. The Hall–Kier alpha value is -2.55. The molecule has 0 spiro atoms. The van der Waals surface area contributed by atoms with Gasteiger partial charge in [-0.2, -0.15) is 26.3 Å². The fourth-order valence-electron chi connectivity index (χ4n) is 2.23. The normalized spacial score (nSPS) is 14.6. The molecule has 0 heterocycles. The van der Waals surface area contributed by atoms with E-state index in [0.29, 0.717) is 6.07 Å². The minimum atomic E-state index is -5.12. The summed E-state index contributed by atoms with van der Waals surface area (Å²) in [5.74, 6) is -1.17. The highest BCUT2D eigenvalue weighted by atomic mass is 19.4. The largest absolute Gasteiger partial charge is 0.423 e. The first-order chi connectivity index (χ1) is 11.9. The van der Waals surface area contributed by atoms with Crippen LogP contribution in [0, 0.1) is 0 Å². The molecule has 0 fully saturated rings. The third kappa shape index (κ3) is 4.16. The second-order valence-electron chi connectivity index (χ2n) is 5.49. The van der Waals surface area contributed by atoms with Crippen LogP contribution in [0.25, 0.3) is 0 Å². The van der Waals surface area contributed by atoms with Crippen LogP contribution in [0.15, 0.2) is 54.6 Å². The number of aliphatic hydroxyl groups is 1. The second-order valence-corrected chi connectivity index (χ2v) is 5.49. The molecule has 26 heavy (non-hydrogen) atoms. The number of hydrogen-bond donors (Lipinski definition) is 2. The molecule has 1 atom stereocenters. The van der Waals surface area contributed by atoms with Crippen molar-refractivity contribution >= 4 is 5.91 Å². The highest BCUT2D eigenvalue weighted by molar-refractivity contribution is 5.94. The minimum Gasteiger partial charge on any atom is -0.375 e. The zero-order chi connectivity index (χ0) is 19.6. The van der Waals surface area contributed by atoms with E-state index < -0.39 is 47.1 Å². The predicted molar refractivity (Wildman–Crippen MR) is 80.2 cm³/mol. The summed E-state index contributed by atoms with van der Waals surface area (Å²) in [6, 6.07) is 9.30. The molecular weight excluding hydrogens is 364 g/mol. The van der Waals surface area contributed by atoms with Gasteiger partial charge < -0.3 is 10.4 Å². The van der Waals surface area contributed by atoms with Crippen molar-refractivity contribution in [2.75, 3.05) is 6.54 Å². The van der Waals surface area contributed by atoms with Gasteiger partial charge in [0.1, 0.15) is 0 Å². The van der Waals surface area contributed by atoms with Gasteiger partial charge in [0.15, 0.2) is 0 Å². The Kier molecular flexibility index (Phi) is 5.31. The lowest BCUT2D eigenvalue weighted by Gasteiger charge is -2.31. The number of benzene rings is 2. The lowest BCUT2D eigenvalue weighted by molar-refractivity contribution is -0.263. The molecule has 2 N–H and O–H groups in total. The van der Waals surface area contributed by atoms with Gasteiger partial charge in [-0.25, -0.2) is 0 Å². The van der Waals surface area contributed by atoms with Crippen LogP contribution >= 0.6 is 0 Å². The van der Waals surface area contributed by atoms with Crippen LogP contribution in [0.1, 0.15) is 21.5 Å². The van der Waals surface area contributed by atoms with Gasteiger partial charge in [0.2, 0.25) is 5.60 Å². The van der Waals surface area contributed by atoms with Crippen LogP contribution < -0.4 is 5.32 Å². The van der Waals surface area contributed by atoms with Gasteiger partial charge in [-0.05, 0) is 23.8 Å². The Morgan fingerprint density at radius 2 is 1.46 bits per heavy atom. The number of hydrogen-bond acceptors (Lipinski definition) is 2. The van der Waals surface area contributed by atoms with Gasteiger partial charge in [-0.1, -0.05) is 36.4 Å². The van der Waals surface area contributed by atoms with E-state index in [1.54, 1.807) is 0 Å². The summed E-state index contributed by atoms with van der Waals surface area (Å²) in [4.78, 5) is 12.0. The van der Waals surface area contributed by atoms with Crippen molar-refractivity contribution in [1.29, 1.82) is 0 Å². The molecule has 0 aromatic heterocycles. The average Bonchev–Trinajstić information content (AvgIpc) is 2.58. The molecule has 0 saturated carbocycles. The van der Waals surface area contributed by atoms with Crippen LogP contribution in [0.2, 0.25) is 0 Å². The molecule has 9 heteroatoms. The summed E-state index contributed by atoms with van der Waals surface area (Å²) in [7, 11) is 0. The third-order valence-electron chi connectivity index (χ3n) is 3.68. The maximum atomic E-state index is 13.3.